The van der Waals surface area contributed by atoms with Crippen LogP contribution in [-0.2, 0) is 9.53 Å². The summed E-state index contributed by atoms with van der Waals surface area (Å²) in [7, 11) is 0. The molecule has 1 rings (SSSR count). The predicted molar refractivity (Wildman–Crippen MR) is 38.8 cm³/mol. The molecule has 0 unspecified atom stereocenters. The molecule has 0 aromatic heterocycles. The van der Waals surface area contributed by atoms with Gasteiger partial charge in [-0.1, -0.05) is 6.92 Å². The lowest BCUT2D eigenvalue weighted by atomic mass is 9.78. The summed E-state index contributed by atoms with van der Waals surface area (Å²) in [4.78, 5) is 10.9. The van der Waals surface area contributed by atoms with E-state index in [0.717, 1.165) is 13.0 Å². The zero-order valence-corrected chi connectivity index (χ0v) is 6.59. The highest BCUT2D eigenvalue weighted by molar-refractivity contribution is 5.88. The van der Waals surface area contributed by atoms with Gasteiger partial charge >= 0.3 is 0 Å². The number of rotatable bonds is 3. The molecule has 0 N–H and O–H groups in total. The first-order valence-corrected chi connectivity index (χ1v) is 3.93. The summed E-state index contributed by atoms with van der Waals surface area (Å²) in [5.41, 5.74) is 0. The van der Waals surface area contributed by atoms with Crippen molar-refractivity contribution in [3.63, 3.8) is 0 Å². The maximum Gasteiger partial charge on any atom is 0.141 e. The molecule has 1 aliphatic rings. The van der Waals surface area contributed by atoms with E-state index in [4.69, 9.17) is 4.74 Å². The van der Waals surface area contributed by atoms with Crippen LogP contribution in [0.25, 0.3) is 0 Å². The molecule has 0 heterocycles. The average molecular weight is 142 g/mol. The van der Waals surface area contributed by atoms with E-state index in [1.807, 2.05) is 13.8 Å². The van der Waals surface area contributed by atoms with Crippen molar-refractivity contribution in [2.24, 2.45) is 5.92 Å². The molecule has 2 atom stereocenters. The van der Waals surface area contributed by atoms with Gasteiger partial charge in [0.05, 0.1) is 6.10 Å². The molecular formula is C8H14O2. The minimum absolute atomic E-state index is 0.208. The maximum atomic E-state index is 10.9. The summed E-state index contributed by atoms with van der Waals surface area (Å²) in [5, 5.41) is 0. The quantitative estimate of drug-likeness (QED) is 0.595. The lowest BCUT2D eigenvalue weighted by Crippen LogP contribution is -2.43. The second-order valence-corrected chi connectivity index (χ2v) is 2.68. The third-order valence-corrected chi connectivity index (χ3v) is 2.09. The molecule has 2 heteroatoms. The zero-order valence-electron chi connectivity index (χ0n) is 6.59. The van der Waals surface area contributed by atoms with Crippen LogP contribution in [0.2, 0.25) is 0 Å². The number of ketones is 1. The minimum Gasteiger partial charge on any atom is -0.377 e. The van der Waals surface area contributed by atoms with Gasteiger partial charge in [0.2, 0.25) is 0 Å². The van der Waals surface area contributed by atoms with Crippen molar-refractivity contribution in [2.45, 2.75) is 32.8 Å². The molecular weight excluding hydrogens is 128 g/mol. The molecule has 1 saturated carbocycles. The Kier molecular flexibility index (Phi) is 2.44. The van der Waals surface area contributed by atoms with Gasteiger partial charge in [0.1, 0.15) is 5.78 Å². The molecule has 1 aliphatic carbocycles. The molecule has 10 heavy (non-hydrogen) atoms. The SMILES string of the molecule is CCO[C@@H]1CC(=O)[C@H]1CC. The Bertz CT molecular complexity index is 131. The monoisotopic (exact) mass is 142 g/mol. The Labute approximate surface area is 61.6 Å². The zero-order chi connectivity index (χ0) is 7.56. The first-order valence-electron chi connectivity index (χ1n) is 3.93. The van der Waals surface area contributed by atoms with Crippen LogP contribution >= 0.6 is 0 Å². The largest absolute Gasteiger partial charge is 0.377 e. The van der Waals surface area contributed by atoms with Gasteiger partial charge in [0.25, 0.3) is 0 Å². The number of hydrogen-bond donors (Lipinski definition) is 0. The fourth-order valence-corrected chi connectivity index (χ4v) is 1.42. The standard InChI is InChI=1S/C8H14O2/c1-3-6-7(9)5-8(6)10-4-2/h6,8H,3-5H2,1-2H3/t6-,8-/m1/s1. The number of ether oxygens (including phenoxy) is 1. The first-order chi connectivity index (χ1) is 4.79. The van der Waals surface area contributed by atoms with Crippen molar-refractivity contribution in [3.05, 3.63) is 0 Å². The van der Waals surface area contributed by atoms with Crippen molar-refractivity contribution in [1.29, 1.82) is 0 Å². The summed E-state index contributed by atoms with van der Waals surface area (Å²) < 4.78 is 5.33. The van der Waals surface area contributed by atoms with Gasteiger partial charge < -0.3 is 4.74 Å². The lowest BCUT2D eigenvalue weighted by Gasteiger charge is -2.33. The Balaban J connectivity index is 2.30. The number of carbonyl (C=O) groups is 1. The molecule has 0 bridgehead atoms. The van der Waals surface area contributed by atoms with Crippen LogP contribution < -0.4 is 0 Å². The van der Waals surface area contributed by atoms with Crippen LogP contribution in [0.1, 0.15) is 26.7 Å². The molecule has 0 spiro atoms. The van der Waals surface area contributed by atoms with E-state index in [9.17, 15) is 4.79 Å². The minimum atomic E-state index is 0.208. The summed E-state index contributed by atoms with van der Waals surface area (Å²) in [5.74, 6) is 0.584. The highest BCUT2D eigenvalue weighted by atomic mass is 16.5. The van der Waals surface area contributed by atoms with Crippen molar-refractivity contribution in [3.8, 4) is 0 Å². The highest BCUT2D eigenvalue weighted by Gasteiger charge is 2.38. The summed E-state index contributed by atoms with van der Waals surface area (Å²) in [6.07, 6.45) is 1.82. The number of Topliss-reactive ketones (excluding diaryl/α,β-unsaturated/α-hetero) is 1. The molecule has 58 valence electrons. The van der Waals surface area contributed by atoms with Crippen molar-refractivity contribution in [2.75, 3.05) is 6.61 Å². The fourth-order valence-electron chi connectivity index (χ4n) is 1.42. The van der Waals surface area contributed by atoms with Crippen LogP contribution in [0.4, 0.5) is 0 Å². The second kappa shape index (κ2) is 3.15. The van der Waals surface area contributed by atoms with Crippen LogP contribution in [0.15, 0.2) is 0 Å². The van der Waals surface area contributed by atoms with Crippen LogP contribution in [0, 0.1) is 5.92 Å². The molecule has 0 aromatic carbocycles. The normalized spacial score (nSPS) is 32.0. The molecule has 0 saturated heterocycles. The topological polar surface area (TPSA) is 26.3 Å². The first kappa shape index (κ1) is 7.73. The fraction of sp³-hybridized carbons (Fsp3) is 0.875. The van der Waals surface area contributed by atoms with Gasteiger partial charge in [-0.15, -0.1) is 0 Å². The molecule has 2 nitrogen and oxygen atoms in total. The van der Waals surface area contributed by atoms with Gasteiger partial charge in [-0.2, -0.15) is 0 Å². The molecule has 0 amide bonds. The third kappa shape index (κ3) is 1.21. The van der Waals surface area contributed by atoms with E-state index < -0.39 is 0 Å². The van der Waals surface area contributed by atoms with Gasteiger partial charge in [-0.3, -0.25) is 4.79 Å². The Morgan fingerprint density at radius 3 is 2.70 bits per heavy atom. The highest BCUT2D eigenvalue weighted by Crippen LogP contribution is 2.28. The Hall–Kier alpha value is -0.370. The average Bonchev–Trinajstić information content (AvgIpc) is 1.88. The van der Waals surface area contributed by atoms with Crippen LogP contribution in [-0.4, -0.2) is 18.5 Å². The molecule has 0 radical (unpaired) electrons. The van der Waals surface area contributed by atoms with E-state index in [1.165, 1.54) is 0 Å². The summed E-state index contributed by atoms with van der Waals surface area (Å²) in [6.45, 7) is 4.73. The van der Waals surface area contributed by atoms with Crippen molar-refractivity contribution in [1.82, 2.24) is 0 Å². The van der Waals surface area contributed by atoms with Gasteiger partial charge in [0.15, 0.2) is 0 Å². The number of hydrogen-bond acceptors (Lipinski definition) is 2. The van der Waals surface area contributed by atoms with Gasteiger partial charge in [-0.25, -0.2) is 0 Å². The van der Waals surface area contributed by atoms with E-state index in [-0.39, 0.29) is 12.0 Å². The van der Waals surface area contributed by atoms with Crippen LogP contribution in [0.5, 0.6) is 0 Å². The Morgan fingerprint density at radius 2 is 2.30 bits per heavy atom. The summed E-state index contributed by atoms with van der Waals surface area (Å²) in [6, 6.07) is 0. The molecule has 0 aliphatic heterocycles. The third-order valence-electron chi connectivity index (χ3n) is 2.09. The van der Waals surface area contributed by atoms with Crippen LogP contribution in [0.3, 0.4) is 0 Å². The molecule has 1 fully saturated rings. The summed E-state index contributed by atoms with van der Waals surface area (Å²) >= 11 is 0. The smallest absolute Gasteiger partial charge is 0.141 e. The predicted octanol–water partition coefficient (Wildman–Crippen LogP) is 1.39. The number of carbonyl (C=O) groups excluding carboxylic acids is 1. The van der Waals surface area contributed by atoms with Crippen molar-refractivity contribution < 1.29 is 9.53 Å². The lowest BCUT2D eigenvalue weighted by molar-refractivity contribution is -0.144. The van der Waals surface area contributed by atoms with E-state index in [0.29, 0.717) is 12.2 Å². The maximum absolute atomic E-state index is 10.9. The second-order valence-electron chi connectivity index (χ2n) is 2.68. The van der Waals surface area contributed by atoms with Crippen molar-refractivity contribution >= 4 is 5.78 Å². The molecule has 0 aromatic rings. The van der Waals surface area contributed by atoms with E-state index >= 15 is 0 Å². The van der Waals surface area contributed by atoms with Gasteiger partial charge in [-0.05, 0) is 13.3 Å². The van der Waals surface area contributed by atoms with E-state index in [1.54, 1.807) is 0 Å². The van der Waals surface area contributed by atoms with Gasteiger partial charge in [0, 0.05) is 18.9 Å². The Morgan fingerprint density at radius 1 is 1.60 bits per heavy atom. The van der Waals surface area contributed by atoms with E-state index in [2.05, 4.69) is 0 Å².